The highest BCUT2D eigenvalue weighted by atomic mass is 32.1. The zero-order valence-corrected chi connectivity index (χ0v) is 19.4. The van der Waals surface area contributed by atoms with Crippen LogP contribution >= 0.6 is 11.3 Å². The van der Waals surface area contributed by atoms with E-state index in [1.54, 1.807) is 29.5 Å². The van der Waals surface area contributed by atoms with E-state index in [2.05, 4.69) is 26.6 Å². The third-order valence-corrected chi connectivity index (χ3v) is 6.80. The number of thiophene rings is 1. The molecule has 3 aromatic heterocycles. The van der Waals surface area contributed by atoms with Crippen molar-refractivity contribution in [1.82, 2.24) is 15.2 Å². The van der Waals surface area contributed by atoms with Crippen LogP contribution in [0.1, 0.15) is 47.2 Å². The normalized spacial score (nSPS) is 15.7. The molecule has 7 nitrogen and oxygen atoms in total. The van der Waals surface area contributed by atoms with Gasteiger partial charge in [-0.25, -0.2) is 4.98 Å². The van der Waals surface area contributed by atoms with Crippen molar-refractivity contribution < 1.29 is 14.6 Å². The number of pyridine rings is 1. The molecule has 33 heavy (non-hydrogen) atoms. The summed E-state index contributed by atoms with van der Waals surface area (Å²) < 4.78 is 5.56. The molecule has 1 aromatic carbocycles. The lowest BCUT2D eigenvalue weighted by Gasteiger charge is -2.29. The van der Waals surface area contributed by atoms with Gasteiger partial charge < -0.3 is 9.84 Å². The van der Waals surface area contributed by atoms with Gasteiger partial charge in [-0.05, 0) is 52.2 Å². The van der Waals surface area contributed by atoms with Crippen molar-refractivity contribution in [3.05, 3.63) is 81.9 Å². The molecule has 0 saturated carbocycles. The lowest BCUT2D eigenvalue weighted by atomic mass is 9.84. The number of carbonyl (C=O) groups is 1. The third-order valence-electron chi connectivity index (χ3n) is 6.12. The monoisotopic (exact) mass is 460 g/mol. The number of aliphatic hydroxyl groups excluding tert-OH is 1. The van der Waals surface area contributed by atoms with Gasteiger partial charge in [0.1, 0.15) is 0 Å². The van der Waals surface area contributed by atoms with E-state index in [9.17, 15) is 9.90 Å². The van der Waals surface area contributed by atoms with E-state index >= 15 is 0 Å². The van der Waals surface area contributed by atoms with Gasteiger partial charge >= 0.3 is 0 Å². The Bertz CT molecular complexity index is 1300. The number of rotatable bonds is 6. The number of benzene rings is 1. The van der Waals surface area contributed by atoms with Gasteiger partial charge in [-0.15, -0.1) is 0 Å². The molecule has 0 saturated heterocycles. The van der Waals surface area contributed by atoms with Crippen molar-refractivity contribution in [2.45, 2.75) is 25.3 Å². The number of aliphatic hydroxyl groups is 1. The quantitative estimate of drug-likeness (QED) is 0.440. The minimum atomic E-state index is -0.618. The number of aromatic amines is 1. The van der Waals surface area contributed by atoms with E-state index in [4.69, 9.17) is 4.74 Å². The van der Waals surface area contributed by atoms with Crippen LogP contribution in [0.2, 0.25) is 0 Å². The molecule has 168 valence electrons. The number of carbonyl (C=O) groups excluding carboxylic acids is 1. The molecule has 8 heteroatoms. The van der Waals surface area contributed by atoms with Crippen molar-refractivity contribution in [2.24, 2.45) is 0 Å². The number of nitrogens with zero attached hydrogens (tertiary/aromatic N) is 3. The first-order chi connectivity index (χ1) is 16.0. The zero-order chi connectivity index (χ0) is 23.2. The van der Waals surface area contributed by atoms with Crippen molar-refractivity contribution in [3.8, 4) is 17.0 Å². The van der Waals surface area contributed by atoms with E-state index in [1.165, 1.54) is 0 Å². The Kier molecular flexibility index (Phi) is 5.26. The molecule has 1 unspecified atom stereocenters. The molecule has 1 aliphatic heterocycles. The molecule has 0 radical (unpaired) electrons. The van der Waals surface area contributed by atoms with Crippen LogP contribution in [0.5, 0.6) is 5.88 Å². The number of H-pyrrole nitrogens is 1. The minimum absolute atomic E-state index is 0.0952. The summed E-state index contributed by atoms with van der Waals surface area (Å²) in [6.45, 7) is 3.74. The van der Waals surface area contributed by atoms with Crippen LogP contribution in [0, 0.1) is 0 Å². The Balaban J connectivity index is 1.68. The molecular formula is C25H24N4O3S. The first-order valence-electron chi connectivity index (χ1n) is 10.6. The number of aromatic nitrogens is 3. The second kappa shape index (κ2) is 8.13. The van der Waals surface area contributed by atoms with E-state index < -0.39 is 11.5 Å². The molecule has 0 bridgehead atoms. The second-order valence-corrected chi connectivity index (χ2v) is 9.42. The Morgan fingerprint density at radius 1 is 1.18 bits per heavy atom. The fraction of sp³-hybridized carbons (Fsp3) is 0.240. The maximum atomic E-state index is 13.6. The van der Waals surface area contributed by atoms with Gasteiger partial charge in [0.25, 0.3) is 5.91 Å². The largest absolute Gasteiger partial charge is 0.481 e. The molecule has 4 aromatic rings. The highest BCUT2D eigenvalue weighted by Gasteiger charge is 2.46. The summed E-state index contributed by atoms with van der Waals surface area (Å²) in [5.74, 6) is 0.234. The topological polar surface area (TPSA) is 91.3 Å². The van der Waals surface area contributed by atoms with Crippen LogP contribution in [-0.4, -0.2) is 39.9 Å². The highest BCUT2D eigenvalue weighted by molar-refractivity contribution is 7.08. The molecule has 4 heterocycles. The average molecular weight is 461 g/mol. The molecule has 1 aliphatic rings. The van der Waals surface area contributed by atoms with Crippen LogP contribution in [-0.2, 0) is 5.41 Å². The van der Waals surface area contributed by atoms with Crippen LogP contribution in [0.15, 0.2) is 59.4 Å². The smallest absolute Gasteiger partial charge is 0.280 e. The lowest BCUT2D eigenvalue weighted by molar-refractivity contribution is 0.0988. The highest BCUT2D eigenvalue weighted by Crippen LogP contribution is 2.46. The maximum Gasteiger partial charge on any atom is 0.280 e. The van der Waals surface area contributed by atoms with E-state index in [1.807, 2.05) is 55.6 Å². The summed E-state index contributed by atoms with van der Waals surface area (Å²) in [5.41, 5.74) is 4.93. The van der Waals surface area contributed by atoms with Crippen LogP contribution in [0.4, 0.5) is 5.69 Å². The van der Waals surface area contributed by atoms with E-state index in [-0.39, 0.29) is 12.5 Å². The summed E-state index contributed by atoms with van der Waals surface area (Å²) in [6, 6.07) is 13.3. The Hall–Kier alpha value is -3.49. The van der Waals surface area contributed by atoms with Crippen molar-refractivity contribution in [3.63, 3.8) is 0 Å². The summed E-state index contributed by atoms with van der Waals surface area (Å²) in [7, 11) is 1.57. The number of fused-ring (bicyclic) bond motifs is 1. The van der Waals surface area contributed by atoms with Gasteiger partial charge in [0.05, 0.1) is 19.8 Å². The number of amides is 1. The fourth-order valence-corrected chi connectivity index (χ4v) is 4.99. The van der Waals surface area contributed by atoms with Gasteiger partial charge in [-0.2, -0.15) is 16.4 Å². The van der Waals surface area contributed by atoms with Gasteiger partial charge in [0, 0.05) is 34.1 Å². The Labute approximate surface area is 195 Å². The molecule has 0 spiro atoms. The number of hydrogen-bond donors (Lipinski definition) is 2. The molecular weight excluding hydrogens is 436 g/mol. The first-order valence-corrected chi connectivity index (χ1v) is 11.5. The third kappa shape index (κ3) is 3.42. The SMILES string of the molecule is COc1ncccc1C1c2c(n[nH]c2C(C)(C)CO)C(=O)N1c1ccc(-c2ccsc2)cc1. The fourth-order valence-electron chi connectivity index (χ4n) is 4.32. The summed E-state index contributed by atoms with van der Waals surface area (Å²) in [6.07, 6.45) is 1.66. The number of hydrogen-bond acceptors (Lipinski definition) is 6. The first kappa shape index (κ1) is 21.4. The Morgan fingerprint density at radius 3 is 2.64 bits per heavy atom. The summed E-state index contributed by atoms with van der Waals surface area (Å²) >= 11 is 1.65. The summed E-state index contributed by atoms with van der Waals surface area (Å²) in [5, 5.41) is 21.6. The molecule has 1 atom stereocenters. The molecule has 1 amide bonds. The van der Waals surface area contributed by atoms with Crippen LogP contribution in [0.25, 0.3) is 11.1 Å². The second-order valence-electron chi connectivity index (χ2n) is 8.64. The number of anilines is 1. The predicted octanol–water partition coefficient (Wildman–Crippen LogP) is 4.56. The number of ether oxygens (including phenoxy) is 1. The van der Waals surface area contributed by atoms with Crippen molar-refractivity contribution >= 4 is 22.9 Å². The molecule has 0 aliphatic carbocycles. The van der Waals surface area contributed by atoms with Gasteiger partial charge in [0.2, 0.25) is 5.88 Å². The molecule has 2 N–H and O–H groups in total. The summed E-state index contributed by atoms with van der Waals surface area (Å²) in [4.78, 5) is 19.8. The average Bonchev–Trinajstić information content (AvgIpc) is 3.57. The van der Waals surface area contributed by atoms with Gasteiger partial charge in [-0.3, -0.25) is 14.8 Å². The standard InChI is InChI=1S/C25H24N4O3S/c1-25(2,14-30)22-19-20(27-28-22)24(31)29(21(19)18-5-4-11-26-23(18)32-3)17-8-6-15(7-9-17)16-10-12-33-13-16/h4-13,21,30H,14H2,1-3H3,(H,27,28). The van der Waals surface area contributed by atoms with E-state index in [0.717, 1.165) is 33.6 Å². The van der Waals surface area contributed by atoms with Gasteiger partial charge in [-0.1, -0.05) is 26.0 Å². The molecule has 5 rings (SSSR count). The van der Waals surface area contributed by atoms with Crippen LogP contribution in [0.3, 0.4) is 0 Å². The number of methoxy groups -OCH3 is 1. The minimum Gasteiger partial charge on any atom is -0.481 e. The maximum absolute atomic E-state index is 13.6. The van der Waals surface area contributed by atoms with Crippen molar-refractivity contribution in [1.29, 1.82) is 0 Å². The zero-order valence-electron chi connectivity index (χ0n) is 18.6. The van der Waals surface area contributed by atoms with Crippen LogP contribution < -0.4 is 9.64 Å². The predicted molar refractivity (Wildman–Crippen MR) is 128 cm³/mol. The van der Waals surface area contributed by atoms with E-state index in [0.29, 0.717) is 11.6 Å². The van der Waals surface area contributed by atoms with Crippen molar-refractivity contribution in [2.75, 3.05) is 18.6 Å². The van der Waals surface area contributed by atoms with Gasteiger partial charge in [0.15, 0.2) is 5.69 Å². The number of nitrogens with one attached hydrogen (secondary N) is 1. The molecule has 0 fully saturated rings. The Morgan fingerprint density at radius 2 is 1.97 bits per heavy atom. The lowest BCUT2D eigenvalue weighted by Crippen LogP contribution is -2.31.